The molecule has 0 bridgehead atoms. The lowest BCUT2D eigenvalue weighted by atomic mass is 10.2. The molecular formula is C25H26BP. The van der Waals surface area contributed by atoms with Crippen LogP contribution < -0.4 is 15.9 Å². The van der Waals surface area contributed by atoms with E-state index in [0.717, 1.165) is 6.16 Å². The lowest BCUT2D eigenvalue weighted by Crippen LogP contribution is -2.32. The minimum absolute atomic E-state index is 0. The average Bonchev–Trinajstić information content (AvgIpc) is 2.75. The van der Waals surface area contributed by atoms with Crippen molar-refractivity contribution >= 4 is 31.6 Å². The third kappa shape index (κ3) is 3.89. The fourth-order valence-corrected chi connectivity index (χ4v) is 7.87. The standard InChI is InChI=1S/C25H22P.BH4/c1-5-13-22(14-6-1)21-26(23-15-7-2-8-16-23,24-17-9-3-10-18-24)25-19-11-4-12-20-25;/h1-20H,21H2;1H4/q+1;-1. The lowest BCUT2D eigenvalue weighted by molar-refractivity contribution is 1.39. The van der Waals surface area contributed by atoms with Crippen LogP contribution in [0.5, 0.6) is 0 Å². The Kier molecular flexibility index (Phi) is 6.27. The molecule has 0 heterocycles. The van der Waals surface area contributed by atoms with Crippen molar-refractivity contribution in [2.75, 3.05) is 0 Å². The summed E-state index contributed by atoms with van der Waals surface area (Å²) in [7, 11) is -1.78. The van der Waals surface area contributed by atoms with E-state index in [0.29, 0.717) is 0 Å². The maximum atomic E-state index is 2.30. The molecule has 0 N–H and O–H groups in total. The van der Waals surface area contributed by atoms with Gasteiger partial charge in [0.2, 0.25) is 0 Å². The van der Waals surface area contributed by atoms with E-state index in [9.17, 15) is 0 Å². The fourth-order valence-electron chi connectivity index (χ4n) is 3.63. The summed E-state index contributed by atoms with van der Waals surface area (Å²) in [6.45, 7) is 0. The molecule has 0 saturated heterocycles. The molecule has 134 valence electrons. The molecule has 0 radical (unpaired) electrons. The van der Waals surface area contributed by atoms with Gasteiger partial charge in [0, 0.05) is 0 Å². The molecule has 0 saturated carbocycles. The Morgan fingerprint density at radius 3 is 1.04 bits per heavy atom. The van der Waals surface area contributed by atoms with Crippen molar-refractivity contribution in [2.45, 2.75) is 6.16 Å². The molecule has 0 amide bonds. The molecule has 0 aliphatic rings. The molecular weight excluding hydrogens is 342 g/mol. The summed E-state index contributed by atoms with van der Waals surface area (Å²) < 4.78 is 0. The maximum Gasteiger partial charge on any atom is 0.116 e. The SMILES string of the molecule is [BH4-].c1ccc(C[P+](c2ccccc2)(c2ccccc2)c2ccccc2)cc1. The summed E-state index contributed by atoms with van der Waals surface area (Å²) in [6.07, 6.45) is 1.03. The van der Waals surface area contributed by atoms with Crippen molar-refractivity contribution in [3.63, 3.8) is 0 Å². The van der Waals surface area contributed by atoms with Crippen LogP contribution in [-0.2, 0) is 6.16 Å². The van der Waals surface area contributed by atoms with Gasteiger partial charge in [-0.15, -0.1) is 0 Å². The molecule has 0 fully saturated rings. The van der Waals surface area contributed by atoms with Gasteiger partial charge in [0.05, 0.1) is 6.16 Å². The highest BCUT2D eigenvalue weighted by molar-refractivity contribution is 7.95. The summed E-state index contributed by atoms with van der Waals surface area (Å²) in [6, 6.07) is 44.0. The molecule has 0 spiro atoms. The second kappa shape index (κ2) is 8.84. The van der Waals surface area contributed by atoms with Crippen LogP contribution in [0.4, 0.5) is 0 Å². The number of hydrogen-bond donors (Lipinski definition) is 0. The second-order valence-corrected chi connectivity index (χ2v) is 9.95. The number of hydrogen-bond acceptors (Lipinski definition) is 0. The minimum Gasteiger partial charge on any atom is -0.0626 e. The van der Waals surface area contributed by atoms with Gasteiger partial charge in [-0.2, -0.15) is 0 Å². The Morgan fingerprint density at radius 1 is 0.407 bits per heavy atom. The summed E-state index contributed by atoms with van der Waals surface area (Å²) in [5.74, 6) is 0. The monoisotopic (exact) mass is 368 g/mol. The summed E-state index contributed by atoms with van der Waals surface area (Å²) >= 11 is 0. The van der Waals surface area contributed by atoms with E-state index in [1.807, 2.05) is 0 Å². The molecule has 0 unspecified atom stereocenters. The molecule has 0 atom stereocenters. The summed E-state index contributed by atoms with van der Waals surface area (Å²) in [4.78, 5) is 0. The van der Waals surface area contributed by atoms with Gasteiger partial charge in [-0.25, -0.2) is 0 Å². The van der Waals surface area contributed by atoms with Crippen LogP contribution in [0.25, 0.3) is 0 Å². The molecule has 2 heteroatoms. The van der Waals surface area contributed by atoms with Crippen molar-refractivity contribution in [1.82, 2.24) is 0 Å². The Hall–Kier alpha value is -2.63. The Bertz CT molecular complexity index is 842. The largest absolute Gasteiger partial charge is 0.116 e. The third-order valence-electron chi connectivity index (χ3n) is 4.85. The first-order valence-electron chi connectivity index (χ1n) is 8.98. The first kappa shape index (κ1) is 19.1. The first-order chi connectivity index (χ1) is 12.9. The van der Waals surface area contributed by atoms with Crippen molar-refractivity contribution < 1.29 is 0 Å². The third-order valence-corrected chi connectivity index (χ3v) is 9.23. The van der Waals surface area contributed by atoms with E-state index in [4.69, 9.17) is 0 Å². The molecule has 0 aliphatic heterocycles. The maximum absolute atomic E-state index is 2.30. The lowest BCUT2D eigenvalue weighted by Gasteiger charge is -2.27. The Balaban J connectivity index is 0.00000210. The topological polar surface area (TPSA) is 0 Å². The summed E-state index contributed by atoms with van der Waals surface area (Å²) in [5, 5.41) is 4.30. The van der Waals surface area contributed by atoms with Gasteiger partial charge < -0.3 is 0 Å². The highest BCUT2D eigenvalue weighted by Gasteiger charge is 2.45. The van der Waals surface area contributed by atoms with Crippen LogP contribution in [0.3, 0.4) is 0 Å². The first-order valence-corrected chi connectivity index (χ1v) is 11.0. The van der Waals surface area contributed by atoms with Gasteiger partial charge in [0.15, 0.2) is 0 Å². The van der Waals surface area contributed by atoms with E-state index in [2.05, 4.69) is 121 Å². The van der Waals surface area contributed by atoms with Gasteiger partial charge >= 0.3 is 0 Å². The zero-order valence-electron chi connectivity index (χ0n) is 14.7. The number of benzene rings is 4. The normalized spacial score (nSPS) is 10.8. The van der Waals surface area contributed by atoms with Gasteiger partial charge in [0.25, 0.3) is 0 Å². The molecule has 27 heavy (non-hydrogen) atoms. The van der Waals surface area contributed by atoms with Gasteiger partial charge in [-0.1, -0.05) is 93.3 Å². The van der Waals surface area contributed by atoms with Crippen molar-refractivity contribution in [3.05, 3.63) is 127 Å². The quantitative estimate of drug-likeness (QED) is 0.372. The van der Waals surface area contributed by atoms with Gasteiger partial charge in [-0.3, -0.25) is 0 Å². The van der Waals surface area contributed by atoms with E-state index < -0.39 is 7.26 Å². The molecule has 0 aliphatic carbocycles. The fraction of sp³-hybridized carbons (Fsp3) is 0.0400. The summed E-state index contributed by atoms with van der Waals surface area (Å²) in [5.41, 5.74) is 1.39. The smallest absolute Gasteiger partial charge is 0.0626 e. The zero-order valence-corrected chi connectivity index (χ0v) is 15.6. The van der Waals surface area contributed by atoms with Crippen molar-refractivity contribution in [3.8, 4) is 0 Å². The molecule has 4 rings (SSSR count). The van der Waals surface area contributed by atoms with Crippen molar-refractivity contribution in [2.24, 2.45) is 0 Å². The molecule has 0 aromatic heterocycles. The van der Waals surface area contributed by atoms with Crippen LogP contribution in [0.15, 0.2) is 121 Å². The second-order valence-electron chi connectivity index (χ2n) is 6.46. The Labute approximate surface area is 164 Å². The van der Waals surface area contributed by atoms with Gasteiger partial charge in [-0.05, 0) is 42.0 Å². The average molecular weight is 368 g/mol. The van der Waals surface area contributed by atoms with Crippen LogP contribution in [0.1, 0.15) is 5.56 Å². The van der Waals surface area contributed by atoms with Crippen LogP contribution >= 0.6 is 7.26 Å². The van der Waals surface area contributed by atoms with E-state index in [1.54, 1.807) is 0 Å². The number of rotatable bonds is 5. The van der Waals surface area contributed by atoms with Crippen LogP contribution in [-0.4, -0.2) is 8.41 Å². The predicted molar refractivity (Wildman–Crippen MR) is 127 cm³/mol. The van der Waals surface area contributed by atoms with Crippen molar-refractivity contribution in [1.29, 1.82) is 0 Å². The highest BCUT2D eigenvalue weighted by Crippen LogP contribution is 2.58. The van der Waals surface area contributed by atoms with E-state index in [-0.39, 0.29) is 8.41 Å². The molecule has 0 nitrogen and oxygen atoms in total. The highest BCUT2D eigenvalue weighted by atomic mass is 31.2. The minimum atomic E-state index is -1.78. The molecule has 4 aromatic carbocycles. The van der Waals surface area contributed by atoms with E-state index >= 15 is 0 Å². The zero-order chi connectivity index (χ0) is 17.7. The van der Waals surface area contributed by atoms with Gasteiger partial charge in [0.1, 0.15) is 23.2 Å². The van der Waals surface area contributed by atoms with E-state index in [1.165, 1.54) is 21.5 Å². The predicted octanol–water partition coefficient (Wildman–Crippen LogP) is 3.73. The Morgan fingerprint density at radius 2 is 0.704 bits per heavy atom. The molecule has 4 aromatic rings. The van der Waals surface area contributed by atoms with Crippen LogP contribution in [0.2, 0.25) is 0 Å². The van der Waals surface area contributed by atoms with Crippen LogP contribution in [0, 0.1) is 0 Å².